The van der Waals surface area contributed by atoms with Crippen LogP contribution < -0.4 is 0 Å². The molecular formula is C11H8F2N2O. The maximum Gasteiger partial charge on any atom is 0.165 e. The van der Waals surface area contributed by atoms with Gasteiger partial charge in [-0.1, -0.05) is 0 Å². The number of hydrogen-bond donors (Lipinski definition) is 1. The number of benzene rings is 1. The van der Waals surface area contributed by atoms with E-state index >= 15 is 0 Å². The smallest absolute Gasteiger partial charge is 0.165 e. The van der Waals surface area contributed by atoms with Crippen LogP contribution in [-0.2, 0) is 0 Å². The summed E-state index contributed by atoms with van der Waals surface area (Å²) < 4.78 is 26.5. The van der Waals surface area contributed by atoms with Crippen molar-refractivity contribution in [2.24, 2.45) is 0 Å². The lowest BCUT2D eigenvalue weighted by Gasteiger charge is -2.04. The van der Waals surface area contributed by atoms with Crippen LogP contribution in [0.5, 0.6) is 5.75 Å². The third-order valence-corrected chi connectivity index (χ3v) is 2.12. The van der Waals surface area contributed by atoms with Crippen LogP contribution in [-0.4, -0.2) is 15.1 Å². The molecule has 0 atom stereocenters. The summed E-state index contributed by atoms with van der Waals surface area (Å²) in [5, 5.41) is 8.98. The van der Waals surface area contributed by atoms with Crippen molar-refractivity contribution in [3.05, 3.63) is 41.9 Å². The van der Waals surface area contributed by atoms with Gasteiger partial charge in [-0.15, -0.1) is 0 Å². The summed E-state index contributed by atoms with van der Waals surface area (Å²) in [4.78, 5) is 7.70. The highest BCUT2D eigenvalue weighted by atomic mass is 19.1. The number of halogens is 2. The van der Waals surface area contributed by atoms with E-state index in [-0.39, 0.29) is 11.3 Å². The molecule has 5 heteroatoms. The Morgan fingerprint density at radius 3 is 2.50 bits per heavy atom. The molecule has 2 aromatic rings. The normalized spacial score (nSPS) is 10.4. The van der Waals surface area contributed by atoms with E-state index in [9.17, 15) is 8.78 Å². The van der Waals surface area contributed by atoms with Gasteiger partial charge in [0.25, 0.3) is 0 Å². The summed E-state index contributed by atoms with van der Waals surface area (Å²) in [5.41, 5.74) is 0.933. The average Bonchev–Trinajstić information content (AvgIpc) is 2.23. The zero-order valence-electron chi connectivity index (χ0n) is 8.41. The summed E-state index contributed by atoms with van der Waals surface area (Å²) in [7, 11) is 0. The number of phenolic OH excluding ortho intramolecular Hbond substituents is 1. The van der Waals surface area contributed by atoms with Crippen LogP contribution >= 0.6 is 0 Å². The average molecular weight is 222 g/mol. The molecule has 0 aliphatic heterocycles. The molecule has 0 saturated carbocycles. The van der Waals surface area contributed by atoms with Gasteiger partial charge in [0.05, 0.1) is 5.69 Å². The van der Waals surface area contributed by atoms with Crippen molar-refractivity contribution in [2.75, 3.05) is 0 Å². The molecule has 0 unspecified atom stereocenters. The Hall–Kier alpha value is -2.04. The van der Waals surface area contributed by atoms with Crippen LogP contribution in [0.1, 0.15) is 5.69 Å². The second-order valence-electron chi connectivity index (χ2n) is 3.33. The third-order valence-electron chi connectivity index (χ3n) is 2.12. The van der Waals surface area contributed by atoms with Gasteiger partial charge in [-0.2, -0.15) is 0 Å². The lowest BCUT2D eigenvalue weighted by Crippen LogP contribution is -1.92. The molecule has 0 saturated heterocycles. The first kappa shape index (κ1) is 10.5. The molecule has 1 heterocycles. The topological polar surface area (TPSA) is 46.0 Å². The standard InChI is InChI=1S/C11H8F2N2O/c1-6-2-10(15-5-14-6)7-3-9(13)11(16)4-8(7)12/h2-5,16H,1H3. The van der Waals surface area contributed by atoms with E-state index in [1.54, 1.807) is 6.92 Å². The molecular weight excluding hydrogens is 214 g/mol. The van der Waals surface area contributed by atoms with Crippen molar-refractivity contribution in [3.8, 4) is 17.0 Å². The summed E-state index contributed by atoms with van der Waals surface area (Å²) >= 11 is 0. The number of aromatic nitrogens is 2. The van der Waals surface area contributed by atoms with E-state index in [2.05, 4.69) is 9.97 Å². The molecule has 0 spiro atoms. The molecule has 0 radical (unpaired) electrons. The van der Waals surface area contributed by atoms with Crippen LogP contribution in [0.3, 0.4) is 0 Å². The first-order valence-electron chi connectivity index (χ1n) is 4.55. The lowest BCUT2D eigenvalue weighted by atomic mass is 10.1. The third kappa shape index (κ3) is 1.84. The zero-order chi connectivity index (χ0) is 11.7. The van der Waals surface area contributed by atoms with Crippen LogP contribution in [0, 0.1) is 18.6 Å². The molecule has 0 fully saturated rings. The Kier molecular flexibility index (Phi) is 2.52. The largest absolute Gasteiger partial charge is 0.505 e. The van der Waals surface area contributed by atoms with Gasteiger partial charge in [0.2, 0.25) is 0 Å². The molecule has 1 N–H and O–H groups in total. The maximum atomic E-state index is 13.5. The van der Waals surface area contributed by atoms with E-state index < -0.39 is 17.4 Å². The van der Waals surface area contributed by atoms with Crippen molar-refractivity contribution in [2.45, 2.75) is 6.92 Å². The summed E-state index contributed by atoms with van der Waals surface area (Å²) in [6.07, 6.45) is 1.27. The van der Waals surface area contributed by atoms with Crippen molar-refractivity contribution in [1.29, 1.82) is 0 Å². The van der Waals surface area contributed by atoms with E-state index in [0.717, 1.165) is 12.1 Å². The molecule has 2 rings (SSSR count). The van der Waals surface area contributed by atoms with Gasteiger partial charge in [-0.05, 0) is 19.1 Å². The van der Waals surface area contributed by atoms with Gasteiger partial charge in [0.15, 0.2) is 11.6 Å². The SMILES string of the molecule is Cc1cc(-c2cc(F)c(O)cc2F)ncn1. The second kappa shape index (κ2) is 3.84. The number of aryl methyl sites for hydroxylation is 1. The number of rotatable bonds is 1. The van der Waals surface area contributed by atoms with Gasteiger partial charge in [-0.3, -0.25) is 0 Å². The predicted molar refractivity (Wildman–Crippen MR) is 53.8 cm³/mol. The van der Waals surface area contributed by atoms with Gasteiger partial charge in [-0.25, -0.2) is 18.7 Å². The first-order valence-corrected chi connectivity index (χ1v) is 4.55. The summed E-state index contributed by atoms with van der Waals surface area (Å²) in [6.45, 7) is 1.72. The molecule has 82 valence electrons. The summed E-state index contributed by atoms with van der Waals surface area (Å²) in [6, 6.07) is 3.17. The van der Waals surface area contributed by atoms with E-state index in [4.69, 9.17) is 5.11 Å². The monoisotopic (exact) mass is 222 g/mol. The molecule has 1 aromatic heterocycles. The van der Waals surface area contributed by atoms with E-state index in [0.29, 0.717) is 5.69 Å². The Bertz CT molecular complexity index is 544. The second-order valence-corrected chi connectivity index (χ2v) is 3.33. The molecule has 1 aromatic carbocycles. The Balaban J connectivity index is 2.60. The first-order chi connectivity index (χ1) is 7.58. The molecule has 0 amide bonds. The summed E-state index contributed by atoms with van der Waals surface area (Å²) in [5.74, 6) is -2.32. The van der Waals surface area contributed by atoms with Crippen LogP contribution in [0.25, 0.3) is 11.3 Å². The zero-order valence-corrected chi connectivity index (χ0v) is 8.41. The quantitative estimate of drug-likeness (QED) is 0.806. The number of nitrogens with zero attached hydrogens (tertiary/aromatic N) is 2. The predicted octanol–water partition coefficient (Wildman–Crippen LogP) is 2.44. The fourth-order valence-corrected chi connectivity index (χ4v) is 1.33. The highest BCUT2D eigenvalue weighted by Gasteiger charge is 2.12. The molecule has 0 aliphatic rings. The number of hydrogen-bond acceptors (Lipinski definition) is 3. The number of aromatic hydroxyl groups is 1. The van der Waals surface area contributed by atoms with E-state index in [1.165, 1.54) is 12.4 Å². The van der Waals surface area contributed by atoms with E-state index in [1.807, 2.05) is 0 Å². The maximum absolute atomic E-state index is 13.5. The molecule has 16 heavy (non-hydrogen) atoms. The van der Waals surface area contributed by atoms with Gasteiger partial charge in [0, 0.05) is 17.3 Å². The molecule has 3 nitrogen and oxygen atoms in total. The van der Waals surface area contributed by atoms with Gasteiger partial charge >= 0.3 is 0 Å². The minimum Gasteiger partial charge on any atom is -0.505 e. The van der Waals surface area contributed by atoms with Gasteiger partial charge < -0.3 is 5.11 Å². The van der Waals surface area contributed by atoms with Crippen molar-refractivity contribution < 1.29 is 13.9 Å². The minimum atomic E-state index is -0.882. The van der Waals surface area contributed by atoms with Gasteiger partial charge in [0.1, 0.15) is 12.1 Å². The lowest BCUT2D eigenvalue weighted by molar-refractivity contribution is 0.427. The fraction of sp³-hybridized carbons (Fsp3) is 0.0909. The van der Waals surface area contributed by atoms with Crippen molar-refractivity contribution >= 4 is 0 Å². The Morgan fingerprint density at radius 1 is 1.06 bits per heavy atom. The minimum absolute atomic E-state index is 0.000741. The van der Waals surface area contributed by atoms with Crippen LogP contribution in [0.2, 0.25) is 0 Å². The molecule has 0 aliphatic carbocycles. The van der Waals surface area contributed by atoms with Crippen molar-refractivity contribution in [1.82, 2.24) is 9.97 Å². The highest BCUT2D eigenvalue weighted by Crippen LogP contribution is 2.26. The van der Waals surface area contributed by atoms with Crippen molar-refractivity contribution in [3.63, 3.8) is 0 Å². The molecule has 0 bridgehead atoms. The Morgan fingerprint density at radius 2 is 1.81 bits per heavy atom. The number of phenols is 1. The fourth-order valence-electron chi connectivity index (χ4n) is 1.33. The Labute approximate surface area is 90.4 Å². The van der Waals surface area contributed by atoms with Crippen LogP contribution in [0.4, 0.5) is 8.78 Å². The highest BCUT2D eigenvalue weighted by molar-refractivity contribution is 5.61. The van der Waals surface area contributed by atoms with Crippen LogP contribution in [0.15, 0.2) is 24.5 Å².